The molecule has 1 rings (SSSR count). The molecule has 0 nitrogen and oxygen atoms in total. The molecule has 0 aliphatic rings. The highest BCUT2D eigenvalue weighted by atomic mass is 32.1. The van der Waals surface area contributed by atoms with Gasteiger partial charge in [-0.3, -0.25) is 0 Å². The van der Waals surface area contributed by atoms with E-state index in [-0.39, 0.29) is 0 Å². The van der Waals surface area contributed by atoms with Crippen molar-refractivity contribution >= 4 is 11.3 Å². The Morgan fingerprint density at radius 3 is 1.43 bits per heavy atom. The summed E-state index contributed by atoms with van der Waals surface area (Å²) in [5, 5.41) is 4.49. The van der Waals surface area contributed by atoms with Gasteiger partial charge in [0.05, 0.1) is 0 Å². The average Bonchev–Trinajstić information content (AvgIpc) is 3.08. The Balaban J connectivity index is 1.67. The predicted molar refractivity (Wildman–Crippen MR) is 108 cm³/mol. The van der Waals surface area contributed by atoms with Gasteiger partial charge in [0, 0.05) is 0 Å². The van der Waals surface area contributed by atoms with E-state index in [9.17, 15) is 0 Å². The fraction of sp³-hybridized carbons (Fsp3) is 0.818. The van der Waals surface area contributed by atoms with Crippen LogP contribution < -0.4 is 0 Å². The van der Waals surface area contributed by atoms with Gasteiger partial charge in [-0.15, -0.1) is 0 Å². The highest BCUT2D eigenvalue weighted by molar-refractivity contribution is 7.07. The maximum atomic E-state index is 2.30. The summed E-state index contributed by atoms with van der Waals surface area (Å²) < 4.78 is 0. The molecule has 0 aromatic carbocycles. The molecule has 23 heavy (non-hydrogen) atoms. The summed E-state index contributed by atoms with van der Waals surface area (Å²) in [7, 11) is 0. The van der Waals surface area contributed by atoms with Crippen LogP contribution in [0.25, 0.3) is 0 Å². The molecule has 1 aromatic heterocycles. The van der Waals surface area contributed by atoms with Crippen LogP contribution in [0.5, 0.6) is 0 Å². The second-order valence-electron chi connectivity index (χ2n) is 7.18. The van der Waals surface area contributed by atoms with E-state index < -0.39 is 0 Å². The van der Waals surface area contributed by atoms with Gasteiger partial charge >= 0.3 is 0 Å². The van der Waals surface area contributed by atoms with Crippen LogP contribution in [0, 0.1) is 0 Å². The Bertz CT molecular complexity index is 315. The smallest absolute Gasteiger partial charge is 0.00613 e. The molecule has 1 aromatic rings. The highest BCUT2D eigenvalue weighted by Gasteiger charge is 1.96. The van der Waals surface area contributed by atoms with Gasteiger partial charge in [0.25, 0.3) is 0 Å². The molecule has 134 valence electrons. The van der Waals surface area contributed by atoms with Crippen LogP contribution in [0.15, 0.2) is 16.8 Å². The molecule has 0 N–H and O–H groups in total. The molecule has 1 heterocycles. The molecule has 0 amide bonds. The quantitative estimate of drug-likeness (QED) is 0.250. The monoisotopic (exact) mass is 336 g/mol. The molecule has 0 saturated heterocycles. The lowest BCUT2D eigenvalue weighted by atomic mass is 10.0. The van der Waals surface area contributed by atoms with Gasteiger partial charge < -0.3 is 0 Å². The first-order valence-corrected chi connectivity index (χ1v) is 11.4. The molecule has 0 spiro atoms. The van der Waals surface area contributed by atoms with Crippen LogP contribution in [0.3, 0.4) is 0 Å². The Hall–Kier alpha value is -0.300. The maximum absolute atomic E-state index is 2.30. The summed E-state index contributed by atoms with van der Waals surface area (Å²) >= 11 is 1.83. The van der Waals surface area contributed by atoms with Gasteiger partial charge in [-0.25, -0.2) is 0 Å². The zero-order chi connectivity index (χ0) is 16.4. The van der Waals surface area contributed by atoms with Gasteiger partial charge in [-0.05, 0) is 35.2 Å². The molecule has 0 radical (unpaired) electrons. The lowest BCUT2D eigenvalue weighted by Crippen LogP contribution is -1.85. The van der Waals surface area contributed by atoms with Crippen LogP contribution in [0.4, 0.5) is 0 Å². The number of unbranched alkanes of at least 4 members (excludes halogenated alkanes) is 15. The SMILES string of the molecule is CCCCCCCCCCCCCCCCCCc1ccsc1. The molecule has 0 aliphatic heterocycles. The molecule has 0 fully saturated rings. The van der Waals surface area contributed by atoms with Crippen molar-refractivity contribution in [3.8, 4) is 0 Å². The standard InChI is InChI=1S/C22H40S/c1-2-3-4-5-6-7-8-9-10-11-12-13-14-15-16-17-18-22-19-20-23-21-22/h19-21H,2-18H2,1H3. The first-order chi connectivity index (χ1) is 11.4. The Labute approximate surface area is 150 Å². The summed E-state index contributed by atoms with van der Waals surface area (Å²) in [5.41, 5.74) is 1.54. The van der Waals surface area contributed by atoms with Crippen LogP contribution >= 0.6 is 11.3 Å². The van der Waals surface area contributed by atoms with Gasteiger partial charge in [-0.2, -0.15) is 11.3 Å². The minimum atomic E-state index is 1.29. The zero-order valence-corrected chi connectivity index (χ0v) is 16.5. The number of thiophene rings is 1. The third kappa shape index (κ3) is 13.8. The molecule has 0 bridgehead atoms. The first-order valence-electron chi connectivity index (χ1n) is 10.4. The van der Waals surface area contributed by atoms with Crippen molar-refractivity contribution in [2.45, 2.75) is 116 Å². The van der Waals surface area contributed by atoms with E-state index in [0.717, 1.165) is 0 Å². The van der Waals surface area contributed by atoms with E-state index in [2.05, 4.69) is 23.8 Å². The zero-order valence-electron chi connectivity index (χ0n) is 15.7. The van der Waals surface area contributed by atoms with Crippen LogP contribution in [-0.4, -0.2) is 0 Å². The third-order valence-corrected chi connectivity index (χ3v) is 5.63. The van der Waals surface area contributed by atoms with Crippen LogP contribution in [-0.2, 0) is 6.42 Å². The van der Waals surface area contributed by atoms with Gasteiger partial charge in [0.15, 0.2) is 0 Å². The highest BCUT2D eigenvalue weighted by Crippen LogP contribution is 2.15. The normalized spacial score (nSPS) is 11.2. The van der Waals surface area contributed by atoms with Gasteiger partial charge in [-0.1, -0.05) is 103 Å². The lowest BCUT2D eigenvalue weighted by molar-refractivity contribution is 0.529. The Morgan fingerprint density at radius 2 is 1.04 bits per heavy atom. The molecule has 0 aliphatic carbocycles. The minimum Gasteiger partial charge on any atom is -0.152 e. The number of aryl methyl sites for hydroxylation is 1. The first kappa shape index (κ1) is 20.7. The second kappa shape index (κ2) is 16.6. The van der Waals surface area contributed by atoms with E-state index in [1.54, 1.807) is 5.56 Å². The van der Waals surface area contributed by atoms with Crippen molar-refractivity contribution in [3.05, 3.63) is 22.4 Å². The summed E-state index contributed by atoms with van der Waals surface area (Å²) in [6.45, 7) is 2.30. The Kier molecular flexibility index (Phi) is 14.9. The van der Waals surface area contributed by atoms with Crippen molar-refractivity contribution in [2.24, 2.45) is 0 Å². The fourth-order valence-electron chi connectivity index (χ4n) is 3.31. The largest absolute Gasteiger partial charge is 0.152 e. The summed E-state index contributed by atoms with van der Waals surface area (Å²) in [6, 6.07) is 2.27. The van der Waals surface area contributed by atoms with Crippen molar-refractivity contribution in [2.75, 3.05) is 0 Å². The van der Waals surface area contributed by atoms with Gasteiger partial charge in [0.2, 0.25) is 0 Å². The molecule has 0 saturated carbocycles. The average molecular weight is 337 g/mol. The topological polar surface area (TPSA) is 0 Å². The van der Waals surface area contributed by atoms with E-state index in [1.807, 2.05) is 11.3 Å². The van der Waals surface area contributed by atoms with Crippen LogP contribution in [0.1, 0.15) is 115 Å². The summed E-state index contributed by atoms with van der Waals surface area (Å²) in [5.74, 6) is 0. The number of hydrogen-bond donors (Lipinski definition) is 0. The minimum absolute atomic E-state index is 1.29. The second-order valence-corrected chi connectivity index (χ2v) is 7.96. The van der Waals surface area contributed by atoms with Crippen molar-refractivity contribution < 1.29 is 0 Å². The van der Waals surface area contributed by atoms with Crippen LogP contribution in [0.2, 0.25) is 0 Å². The molecule has 1 heteroatoms. The summed E-state index contributed by atoms with van der Waals surface area (Å²) in [6.07, 6.45) is 24.6. The van der Waals surface area contributed by atoms with E-state index in [0.29, 0.717) is 0 Å². The molecule has 0 atom stereocenters. The molecular formula is C22H40S. The van der Waals surface area contributed by atoms with E-state index in [4.69, 9.17) is 0 Å². The van der Waals surface area contributed by atoms with Crippen molar-refractivity contribution in [3.63, 3.8) is 0 Å². The fourth-order valence-corrected chi connectivity index (χ4v) is 4.02. The summed E-state index contributed by atoms with van der Waals surface area (Å²) in [4.78, 5) is 0. The van der Waals surface area contributed by atoms with Crippen molar-refractivity contribution in [1.29, 1.82) is 0 Å². The van der Waals surface area contributed by atoms with E-state index in [1.165, 1.54) is 109 Å². The lowest BCUT2D eigenvalue weighted by Gasteiger charge is -2.03. The number of hydrogen-bond acceptors (Lipinski definition) is 1. The van der Waals surface area contributed by atoms with E-state index >= 15 is 0 Å². The molecule has 0 unspecified atom stereocenters. The molecular weight excluding hydrogens is 296 g/mol. The Morgan fingerprint density at radius 1 is 0.609 bits per heavy atom. The predicted octanol–water partition coefficient (Wildman–Crippen LogP) is 8.55. The third-order valence-electron chi connectivity index (χ3n) is 4.90. The number of rotatable bonds is 17. The van der Waals surface area contributed by atoms with Gasteiger partial charge in [0.1, 0.15) is 0 Å². The van der Waals surface area contributed by atoms with Crippen molar-refractivity contribution in [1.82, 2.24) is 0 Å². The maximum Gasteiger partial charge on any atom is -0.00613 e.